The predicted octanol–water partition coefficient (Wildman–Crippen LogP) is 3.75. The number of anilines is 1. The smallest absolute Gasteiger partial charge is 0.150 e. The van der Waals surface area contributed by atoms with E-state index in [0.717, 1.165) is 21.7 Å². The summed E-state index contributed by atoms with van der Waals surface area (Å²) >= 11 is 0. The summed E-state index contributed by atoms with van der Waals surface area (Å²) < 4.78 is 15.3. The van der Waals surface area contributed by atoms with Crippen LogP contribution < -0.4 is 4.72 Å². The van der Waals surface area contributed by atoms with Crippen LogP contribution in [0.1, 0.15) is 16.7 Å². The van der Waals surface area contributed by atoms with Crippen molar-refractivity contribution in [3.63, 3.8) is 0 Å². The quantitative estimate of drug-likeness (QED) is 0.893. The lowest BCUT2D eigenvalue weighted by atomic mass is 10.1. The van der Waals surface area contributed by atoms with Crippen LogP contribution in [0, 0.1) is 20.8 Å². The van der Waals surface area contributed by atoms with Gasteiger partial charge in [-0.15, -0.1) is 0 Å². The maximum absolute atomic E-state index is 12.2. The highest BCUT2D eigenvalue weighted by Crippen LogP contribution is 2.23. The van der Waals surface area contributed by atoms with Crippen molar-refractivity contribution in [2.45, 2.75) is 25.7 Å². The Labute approximate surface area is 111 Å². The molecule has 0 aliphatic carbocycles. The van der Waals surface area contributed by atoms with Crippen LogP contribution in [0.5, 0.6) is 0 Å². The molecule has 0 fully saturated rings. The molecule has 94 valence electrons. The molecule has 0 aromatic heterocycles. The van der Waals surface area contributed by atoms with Crippen LogP contribution >= 0.6 is 0 Å². The van der Waals surface area contributed by atoms with Gasteiger partial charge in [-0.05, 0) is 44.0 Å². The lowest BCUT2D eigenvalue weighted by Crippen LogP contribution is -2.07. The second kappa shape index (κ2) is 5.36. The zero-order valence-corrected chi connectivity index (χ0v) is 11.7. The number of nitrogens with one attached hydrogen (secondary N) is 1. The van der Waals surface area contributed by atoms with E-state index in [-0.39, 0.29) is 0 Å². The molecule has 0 heterocycles. The Balaban J connectivity index is 2.28. The molecule has 18 heavy (non-hydrogen) atoms. The van der Waals surface area contributed by atoms with Crippen molar-refractivity contribution in [2.24, 2.45) is 0 Å². The van der Waals surface area contributed by atoms with Crippen molar-refractivity contribution >= 4 is 16.7 Å². The normalized spacial score (nSPS) is 12.2. The summed E-state index contributed by atoms with van der Waals surface area (Å²) in [7, 11) is -1.21. The van der Waals surface area contributed by atoms with Crippen molar-refractivity contribution in [3.05, 3.63) is 59.2 Å². The van der Waals surface area contributed by atoms with Crippen LogP contribution in [0.2, 0.25) is 0 Å². The number of rotatable bonds is 3. The molecular weight excluding hydrogens is 242 g/mol. The summed E-state index contributed by atoms with van der Waals surface area (Å²) in [5.74, 6) is 0. The molecule has 0 spiro atoms. The van der Waals surface area contributed by atoms with E-state index in [2.05, 4.69) is 23.8 Å². The predicted molar refractivity (Wildman–Crippen MR) is 77.1 cm³/mol. The summed E-state index contributed by atoms with van der Waals surface area (Å²) in [6.07, 6.45) is 0. The molecule has 0 amide bonds. The van der Waals surface area contributed by atoms with Gasteiger partial charge in [-0.2, -0.15) is 0 Å². The molecule has 2 aromatic carbocycles. The van der Waals surface area contributed by atoms with E-state index in [1.54, 1.807) is 0 Å². The molecule has 2 rings (SSSR count). The highest BCUT2D eigenvalue weighted by atomic mass is 32.2. The van der Waals surface area contributed by atoms with Crippen molar-refractivity contribution in [1.82, 2.24) is 0 Å². The van der Waals surface area contributed by atoms with Crippen molar-refractivity contribution in [1.29, 1.82) is 0 Å². The first kappa shape index (κ1) is 12.8. The Hall–Kier alpha value is -1.61. The van der Waals surface area contributed by atoms with Gasteiger partial charge in [0.15, 0.2) is 0 Å². The van der Waals surface area contributed by atoms with Gasteiger partial charge in [0.05, 0.1) is 10.6 Å². The first-order chi connectivity index (χ1) is 8.58. The first-order valence-electron chi connectivity index (χ1n) is 5.89. The average Bonchev–Trinajstić information content (AvgIpc) is 2.34. The van der Waals surface area contributed by atoms with Crippen LogP contribution in [0.25, 0.3) is 0 Å². The monoisotopic (exact) mass is 259 g/mol. The van der Waals surface area contributed by atoms with Crippen LogP contribution in [-0.2, 0) is 11.0 Å². The summed E-state index contributed by atoms with van der Waals surface area (Å²) in [4.78, 5) is 0.789. The fraction of sp³-hybridized carbons (Fsp3) is 0.200. The van der Waals surface area contributed by atoms with E-state index in [1.807, 2.05) is 44.2 Å². The molecule has 2 aromatic rings. The van der Waals surface area contributed by atoms with E-state index in [1.165, 1.54) is 5.56 Å². The standard InChI is InChI=1S/C15H17NOS/c1-11-9-12(2)15(13(3)10-11)16-18(17)14-7-5-4-6-8-14/h4-10,16H,1-3H3. The second-order valence-electron chi connectivity index (χ2n) is 4.46. The molecule has 1 unspecified atom stereocenters. The molecular formula is C15H17NOS. The third-order valence-electron chi connectivity index (χ3n) is 2.83. The minimum atomic E-state index is -1.21. The molecule has 1 atom stereocenters. The van der Waals surface area contributed by atoms with Gasteiger partial charge < -0.3 is 4.72 Å². The third-order valence-corrected chi connectivity index (χ3v) is 3.92. The minimum absolute atomic E-state index is 0.789. The van der Waals surface area contributed by atoms with Gasteiger partial charge in [-0.25, -0.2) is 4.21 Å². The molecule has 0 bridgehead atoms. The van der Waals surface area contributed by atoms with Gasteiger partial charge in [-0.1, -0.05) is 35.9 Å². The fourth-order valence-electron chi connectivity index (χ4n) is 2.04. The Morgan fingerprint density at radius 2 is 1.50 bits per heavy atom. The molecule has 3 heteroatoms. The first-order valence-corrected chi connectivity index (χ1v) is 7.04. The fourth-order valence-corrected chi connectivity index (χ4v) is 3.07. The average molecular weight is 259 g/mol. The number of benzene rings is 2. The lowest BCUT2D eigenvalue weighted by molar-refractivity contribution is 0.686. The maximum atomic E-state index is 12.2. The van der Waals surface area contributed by atoms with Gasteiger partial charge >= 0.3 is 0 Å². The van der Waals surface area contributed by atoms with E-state index < -0.39 is 11.0 Å². The summed E-state index contributed by atoms with van der Waals surface area (Å²) in [6, 6.07) is 13.6. The summed E-state index contributed by atoms with van der Waals surface area (Å²) in [5.41, 5.74) is 4.43. The van der Waals surface area contributed by atoms with Crippen LogP contribution in [0.15, 0.2) is 47.4 Å². The highest BCUT2D eigenvalue weighted by molar-refractivity contribution is 7.86. The van der Waals surface area contributed by atoms with Crippen LogP contribution in [0.4, 0.5) is 5.69 Å². The molecule has 0 aliphatic rings. The Kier molecular flexibility index (Phi) is 3.82. The molecule has 1 N–H and O–H groups in total. The molecule has 0 saturated heterocycles. The topological polar surface area (TPSA) is 29.1 Å². The van der Waals surface area contributed by atoms with Crippen LogP contribution in [0.3, 0.4) is 0 Å². The number of hydrogen-bond donors (Lipinski definition) is 1. The van der Waals surface area contributed by atoms with E-state index in [4.69, 9.17) is 0 Å². The zero-order chi connectivity index (χ0) is 13.1. The molecule has 0 saturated carbocycles. The van der Waals surface area contributed by atoms with Gasteiger partial charge in [0.2, 0.25) is 0 Å². The second-order valence-corrected chi connectivity index (χ2v) is 5.67. The Morgan fingerprint density at radius 1 is 0.944 bits per heavy atom. The van der Waals surface area contributed by atoms with Gasteiger partial charge in [0.25, 0.3) is 0 Å². The van der Waals surface area contributed by atoms with Crippen LogP contribution in [-0.4, -0.2) is 4.21 Å². The van der Waals surface area contributed by atoms with E-state index >= 15 is 0 Å². The highest BCUT2D eigenvalue weighted by Gasteiger charge is 2.08. The minimum Gasteiger partial charge on any atom is -0.301 e. The van der Waals surface area contributed by atoms with Gasteiger partial charge in [-0.3, -0.25) is 0 Å². The van der Waals surface area contributed by atoms with Gasteiger partial charge in [0.1, 0.15) is 11.0 Å². The zero-order valence-electron chi connectivity index (χ0n) is 10.9. The summed E-state index contributed by atoms with van der Waals surface area (Å²) in [5, 5.41) is 0. The SMILES string of the molecule is Cc1cc(C)c(NS(=O)c2ccccc2)c(C)c1. The Morgan fingerprint density at radius 3 is 2.06 bits per heavy atom. The number of hydrogen-bond acceptors (Lipinski definition) is 1. The van der Waals surface area contributed by atoms with Gasteiger partial charge in [0, 0.05) is 0 Å². The summed E-state index contributed by atoms with van der Waals surface area (Å²) in [6.45, 7) is 6.13. The lowest BCUT2D eigenvalue weighted by Gasteiger charge is -2.13. The van der Waals surface area contributed by atoms with Crippen molar-refractivity contribution in [3.8, 4) is 0 Å². The maximum Gasteiger partial charge on any atom is 0.150 e. The molecule has 0 aliphatic heterocycles. The third kappa shape index (κ3) is 2.79. The molecule has 0 radical (unpaired) electrons. The Bertz CT molecular complexity index is 555. The number of aryl methyl sites for hydroxylation is 3. The molecule has 2 nitrogen and oxygen atoms in total. The largest absolute Gasteiger partial charge is 0.301 e. The van der Waals surface area contributed by atoms with Crippen molar-refractivity contribution < 1.29 is 4.21 Å². The van der Waals surface area contributed by atoms with Crippen molar-refractivity contribution in [2.75, 3.05) is 4.72 Å². The van der Waals surface area contributed by atoms with E-state index in [0.29, 0.717) is 0 Å². The van der Waals surface area contributed by atoms with E-state index in [9.17, 15) is 4.21 Å².